The number of ether oxygens (including phenoxy) is 1. The quantitative estimate of drug-likeness (QED) is 0.885. The third kappa shape index (κ3) is 2.45. The van der Waals surface area contributed by atoms with Gasteiger partial charge in [0.1, 0.15) is 12.0 Å². The van der Waals surface area contributed by atoms with Crippen LogP contribution in [0.4, 0.5) is 0 Å². The van der Waals surface area contributed by atoms with E-state index in [2.05, 4.69) is 0 Å². The number of benzene rings is 1. The van der Waals surface area contributed by atoms with Crippen molar-refractivity contribution in [1.29, 1.82) is 0 Å². The van der Waals surface area contributed by atoms with Gasteiger partial charge in [0.15, 0.2) is 0 Å². The Morgan fingerprint density at radius 2 is 2.05 bits per heavy atom. The van der Waals surface area contributed by atoms with Gasteiger partial charge < -0.3 is 10.5 Å². The molecule has 2 unspecified atom stereocenters. The highest BCUT2D eigenvalue weighted by Gasteiger charge is 2.39. The van der Waals surface area contributed by atoms with E-state index in [1.54, 1.807) is 6.07 Å². The number of primary amides is 1. The Balaban J connectivity index is 1.85. The molecule has 5 heteroatoms. The predicted octanol–water partition coefficient (Wildman–Crippen LogP) is 2.41. The molecule has 2 atom stereocenters. The Morgan fingerprint density at radius 3 is 2.71 bits per heavy atom. The summed E-state index contributed by atoms with van der Waals surface area (Å²) in [5.74, 6) is -1.42. The van der Waals surface area contributed by atoms with Gasteiger partial charge >= 0.3 is 5.97 Å². The number of amides is 1. The number of carbonyl (C=O) groups is 2. The second-order valence-electron chi connectivity index (χ2n) is 5.12. The molecule has 4 nitrogen and oxygen atoms in total. The van der Waals surface area contributed by atoms with Gasteiger partial charge in [0.05, 0.1) is 5.56 Å². The van der Waals surface area contributed by atoms with Crippen molar-refractivity contribution in [2.45, 2.75) is 25.4 Å². The molecule has 0 radical (unpaired) electrons. The van der Waals surface area contributed by atoms with Crippen molar-refractivity contribution in [3.05, 3.63) is 57.3 Å². The average Bonchev–Trinajstić information content (AvgIpc) is 3.01. The molecule has 21 heavy (non-hydrogen) atoms. The van der Waals surface area contributed by atoms with E-state index in [9.17, 15) is 9.59 Å². The third-order valence-electron chi connectivity index (χ3n) is 3.83. The van der Waals surface area contributed by atoms with Crippen molar-refractivity contribution in [2.24, 2.45) is 5.73 Å². The maximum absolute atomic E-state index is 12.2. The number of aryl methyl sites for hydroxylation is 1. The lowest BCUT2D eigenvalue weighted by Crippen LogP contribution is -2.32. The first kappa shape index (κ1) is 13.8. The largest absolute Gasteiger partial charge is 0.457 e. The van der Waals surface area contributed by atoms with Crippen LogP contribution in [-0.4, -0.2) is 18.0 Å². The molecule has 1 heterocycles. The van der Waals surface area contributed by atoms with Gasteiger partial charge in [-0.25, -0.2) is 4.79 Å². The van der Waals surface area contributed by atoms with E-state index in [-0.39, 0.29) is 0 Å². The van der Waals surface area contributed by atoms with Crippen LogP contribution in [0.2, 0.25) is 0 Å². The van der Waals surface area contributed by atoms with E-state index >= 15 is 0 Å². The molecule has 0 saturated heterocycles. The zero-order valence-electron chi connectivity index (χ0n) is 11.5. The van der Waals surface area contributed by atoms with Crippen LogP contribution in [0, 0.1) is 6.92 Å². The number of rotatable bonds is 3. The van der Waals surface area contributed by atoms with E-state index in [0.29, 0.717) is 12.0 Å². The number of carbonyl (C=O) groups excluding carboxylic acids is 2. The van der Waals surface area contributed by atoms with E-state index in [1.807, 2.05) is 36.6 Å². The monoisotopic (exact) mass is 301 g/mol. The predicted molar refractivity (Wildman–Crippen MR) is 80.3 cm³/mol. The molecule has 1 aromatic carbocycles. The number of hydrogen-bond acceptors (Lipinski definition) is 4. The molecule has 2 aromatic rings. The maximum atomic E-state index is 12.2. The van der Waals surface area contributed by atoms with Crippen molar-refractivity contribution in [2.75, 3.05) is 0 Å². The summed E-state index contributed by atoms with van der Waals surface area (Å²) in [5, 5.41) is 1.85. The van der Waals surface area contributed by atoms with Crippen LogP contribution in [0.25, 0.3) is 0 Å². The van der Waals surface area contributed by atoms with E-state index in [0.717, 1.165) is 16.0 Å². The zero-order valence-corrected chi connectivity index (χ0v) is 12.4. The van der Waals surface area contributed by atoms with Crippen molar-refractivity contribution >= 4 is 23.2 Å². The summed E-state index contributed by atoms with van der Waals surface area (Å²) in [6, 6.07) is 9.32. The Morgan fingerprint density at radius 1 is 1.29 bits per heavy atom. The Labute approximate surface area is 126 Å². The molecular weight excluding hydrogens is 286 g/mol. The van der Waals surface area contributed by atoms with Crippen LogP contribution in [0.5, 0.6) is 0 Å². The van der Waals surface area contributed by atoms with Crippen LogP contribution in [0.3, 0.4) is 0 Å². The smallest absolute Gasteiger partial charge is 0.339 e. The van der Waals surface area contributed by atoms with Gasteiger partial charge in [0, 0.05) is 11.3 Å². The summed E-state index contributed by atoms with van der Waals surface area (Å²) >= 11 is 1.49. The fourth-order valence-electron chi connectivity index (χ4n) is 2.80. The topological polar surface area (TPSA) is 69.4 Å². The molecule has 2 N–H and O–H groups in total. The molecule has 1 aliphatic rings. The minimum atomic E-state index is -0.566. The number of fused-ring (bicyclic) bond motifs is 1. The normalized spacial score (nSPS) is 20.0. The molecule has 0 saturated carbocycles. The van der Waals surface area contributed by atoms with Gasteiger partial charge in [0.25, 0.3) is 0 Å². The zero-order chi connectivity index (χ0) is 15.0. The van der Waals surface area contributed by atoms with Crippen molar-refractivity contribution in [3.8, 4) is 0 Å². The number of hydrogen-bond donors (Lipinski definition) is 1. The van der Waals surface area contributed by atoms with E-state index in [1.165, 1.54) is 11.3 Å². The number of esters is 1. The first-order valence-corrected chi connectivity index (χ1v) is 7.58. The molecule has 1 aliphatic carbocycles. The van der Waals surface area contributed by atoms with Gasteiger partial charge in [-0.2, -0.15) is 0 Å². The molecule has 1 amide bonds. The van der Waals surface area contributed by atoms with Crippen LogP contribution in [-0.2, 0) is 16.0 Å². The second kappa shape index (κ2) is 5.33. The first-order chi connectivity index (χ1) is 10.1. The first-order valence-electron chi connectivity index (χ1n) is 6.70. The minimum absolute atomic E-state index is 0.391. The van der Waals surface area contributed by atoms with Gasteiger partial charge in [0.2, 0.25) is 5.91 Å². The fourth-order valence-corrected chi connectivity index (χ4v) is 3.49. The SMILES string of the molecule is Cc1sccc1C(=O)OC1Cc2ccccc2C1C(N)=O. The highest BCUT2D eigenvalue weighted by Crippen LogP contribution is 2.35. The maximum Gasteiger partial charge on any atom is 0.339 e. The summed E-state index contributed by atoms with van der Waals surface area (Å²) in [7, 11) is 0. The van der Waals surface area contributed by atoms with Crippen molar-refractivity contribution in [1.82, 2.24) is 0 Å². The summed E-state index contributed by atoms with van der Waals surface area (Å²) in [5.41, 5.74) is 7.93. The van der Waals surface area contributed by atoms with Crippen LogP contribution >= 0.6 is 11.3 Å². The highest BCUT2D eigenvalue weighted by atomic mass is 32.1. The van der Waals surface area contributed by atoms with Crippen LogP contribution < -0.4 is 5.73 Å². The van der Waals surface area contributed by atoms with Crippen molar-refractivity contribution < 1.29 is 14.3 Å². The van der Waals surface area contributed by atoms with E-state index in [4.69, 9.17) is 10.5 Å². The standard InChI is InChI=1S/C16H15NO3S/c1-9-11(6-7-21-9)16(19)20-13-8-10-4-2-3-5-12(10)14(13)15(17)18/h2-7,13-14H,8H2,1H3,(H2,17,18). The molecule has 0 fully saturated rings. The lowest BCUT2D eigenvalue weighted by atomic mass is 9.99. The van der Waals surface area contributed by atoms with Gasteiger partial charge in [-0.1, -0.05) is 24.3 Å². The van der Waals surface area contributed by atoms with Gasteiger partial charge in [-0.15, -0.1) is 11.3 Å². The molecular formula is C16H15NO3S. The van der Waals surface area contributed by atoms with Gasteiger partial charge in [-0.3, -0.25) is 4.79 Å². The highest BCUT2D eigenvalue weighted by molar-refractivity contribution is 7.10. The Hall–Kier alpha value is -2.14. The Bertz CT molecular complexity index is 707. The second-order valence-corrected chi connectivity index (χ2v) is 6.24. The number of thiophene rings is 1. The van der Waals surface area contributed by atoms with Crippen LogP contribution in [0.15, 0.2) is 35.7 Å². The molecule has 3 rings (SSSR count). The van der Waals surface area contributed by atoms with E-state index < -0.39 is 23.9 Å². The molecule has 108 valence electrons. The summed E-state index contributed by atoms with van der Waals surface area (Å²) in [6.45, 7) is 1.87. The summed E-state index contributed by atoms with van der Waals surface area (Å²) in [6.07, 6.45) is 0.00492. The van der Waals surface area contributed by atoms with Crippen molar-refractivity contribution in [3.63, 3.8) is 0 Å². The summed E-state index contributed by atoms with van der Waals surface area (Å²) in [4.78, 5) is 24.9. The molecule has 0 spiro atoms. The van der Waals surface area contributed by atoms with Crippen LogP contribution in [0.1, 0.15) is 32.3 Å². The summed E-state index contributed by atoms with van der Waals surface area (Å²) < 4.78 is 5.56. The molecule has 0 aliphatic heterocycles. The Kier molecular flexibility index (Phi) is 3.51. The lowest BCUT2D eigenvalue weighted by molar-refractivity contribution is -0.121. The number of nitrogens with two attached hydrogens (primary N) is 1. The molecule has 0 bridgehead atoms. The third-order valence-corrected chi connectivity index (χ3v) is 4.67. The average molecular weight is 301 g/mol. The van der Waals surface area contributed by atoms with Gasteiger partial charge in [-0.05, 0) is 29.5 Å². The molecule has 1 aromatic heterocycles. The fraction of sp³-hybridized carbons (Fsp3) is 0.250. The lowest BCUT2D eigenvalue weighted by Gasteiger charge is -2.18. The minimum Gasteiger partial charge on any atom is -0.457 e.